The summed E-state index contributed by atoms with van der Waals surface area (Å²) in [6, 6.07) is 22.8. The quantitative estimate of drug-likeness (QED) is 0.117. The van der Waals surface area contributed by atoms with Gasteiger partial charge in [0, 0.05) is 52.2 Å². The summed E-state index contributed by atoms with van der Waals surface area (Å²) < 4.78 is 96.0. The van der Waals surface area contributed by atoms with Crippen molar-refractivity contribution < 1.29 is 46.8 Å². The van der Waals surface area contributed by atoms with Crippen LogP contribution in [0.2, 0.25) is 0 Å². The van der Waals surface area contributed by atoms with Gasteiger partial charge in [0.2, 0.25) is 0 Å². The van der Waals surface area contributed by atoms with Crippen molar-refractivity contribution in [3.63, 3.8) is 0 Å². The molecule has 0 spiro atoms. The van der Waals surface area contributed by atoms with Gasteiger partial charge in [0.25, 0.3) is 0 Å². The maximum atomic E-state index is 16.1. The first kappa shape index (κ1) is 35.4. The molecule has 2 atom stereocenters. The van der Waals surface area contributed by atoms with E-state index in [9.17, 15) is 20.4 Å². The van der Waals surface area contributed by atoms with Gasteiger partial charge in [-0.1, -0.05) is 72.8 Å². The van der Waals surface area contributed by atoms with Crippen molar-refractivity contribution >= 4 is 54.0 Å². The predicted molar refractivity (Wildman–Crippen MR) is 190 cm³/mol. The summed E-state index contributed by atoms with van der Waals surface area (Å²) in [7, 11) is 0. The topological polar surface area (TPSA) is 80.9 Å². The molecule has 1 aliphatic carbocycles. The Kier molecular flexibility index (Phi) is 8.72. The number of allylic oxidation sites excluding steroid dienone is 2. The lowest BCUT2D eigenvalue weighted by Gasteiger charge is -2.26. The fraction of sp³-hybridized carbons (Fsp3) is 0.231. The molecule has 0 saturated carbocycles. The molecule has 0 aliphatic heterocycles. The molecule has 51 heavy (non-hydrogen) atoms. The third-order valence-electron chi connectivity index (χ3n) is 9.50. The van der Waals surface area contributed by atoms with Crippen LogP contribution in [0.3, 0.4) is 0 Å². The first-order valence-corrected chi connectivity index (χ1v) is 17.5. The number of rotatable bonds is 8. The Balaban J connectivity index is 1.39. The molecule has 0 amide bonds. The second-order valence-corrected chi connectivity index (χ2v) is 15.1. The van der Waals surface area contributed by atoms with Crippen molar-refractivity contribution in [3.8, 4) is 22.3 Å². The van der Waals surface area contributed by atoms with Crippen molar-refractivity contribution in [1.29, 1.82) is 0 Å². The SMILES string of the molecule is Cc1sc2cc(-c3ccc(C(O)CO)cc3)ccc2c1C1=C(c2c(C)sc3cc(-c4ccc(C(O)CO)cc4)ccc23)C(F)(F)C(F)(F)C1(F)F. The maximum Gasteiger partial charge on any atom is 0.380 e. The van der Waals surface area contributed by atoms with E-state index in [1.54, 1.807) is 72.8 Å². The molecule has 0 fully saturated rings. The summed E-state index contributed by atoms with van der Waals surface area (Å²) in [5, 5.41) is 38.6. The summed E-state index contributed by atoms with van der Waals surface area (Å²) in [5.74, 6) is -16.1. The van der Waals surface area contributed by atoms with E-state index in [0.717, 1.165) is 22.7 Å². The van der Waals surface area contributed by atoms with Crippen LogP contribution in [0.5, 0.6) is 0 Å². The van der Waals surface area contributed by atoms with Gasteiger partial charge >= 0.3 is 17.8 Å². The monoisotopic (exact) mass is 740 g/mol. The molecule has 6 aromatic rings. The highest BCUT2D eigenvalue weighted by Crippen LogP contribution is 2.67. The normalized spacial score (nSPS) is 17.8. The van der Waals surface area contributed by atoms with Crippen LogP contribution in [0, 0.1) is 13.8 Å². The molecule has 0 saturated heterocycles. The predicted octanol–water partition coefficient (Wildman–Crippen LogP) is 9.95. The van der Waals surface area contributed by atoms with Crippen LogP contribution >= 0.6 is 22.7 Å². The molecule has 0 radical (unpaired) electrons. The van der Waals surface area contributed by atoms with Gasteiger partial charge in [-0.15, -0.1) is 22.7 Å². The Bertz CT molecular complexity index is 2160. The highest BCUT2D eigenvalue weighted by atomic mass is 32.1. The number of alkyl halides is 6. The molecule has 4 N–H and O–H groups in total. The Morgan fingerprint density at radius 3 is 1.20 bits per heavy atom. The van der Waals surface area contributed by atoms with E-state index in [2.05, 4.69) is 0 Å². The van der Waals surface area contributed by atoms with Gasteiger partial charge in [0.15, 0.2) is 0 Å². The lowest BCUT2D eigenvalue weighted by Crippen LogP contribution is -2.48. The molecule has 1 aliphatic rings. The van der Waals surface area contributed by atoms with Crippen LogP contribution in [0.4, 0.5) is 26.3 Å². The number of hydrogen-bond acceptors (Lipinski definition) is 6. The second kappa shape index (κ2) is 12.6. The van der Waals surface area contributed by atoms with Gasteiger partial charge in [-0.3, -0.25) is 0 Å². The lowest BCUT2D eigenvalue weighted by molar-refractivity contribution is -0.254. The Morgan fingerprint density at radius 2 is 0.863 bits per heavy atom. The lowest BCUT2D eigenvalue weighted by atomic mass is 9.91. The van der Waals surface area contributed by atoms with Gasteiger partial charge < -0.3 is 20.4 Å². The molecular formula is C39H30F6O4S2. The number of fused-ring (bicyclic) bond motifs is 2. The molecule has 7 rings (SSSR count). The Labute approximate surface area is 296 Å². The third kappa shape index (κ3) is 5.42. The van der Waals surface area contributed by atoms with Crippen molar-refractivity contribution in [1.82, 2.24) is 0 Å². The number of aryl methyl sites for hydroxylation is 2. The maximum absolute atomic E-state index is 16.1. The van der Waals surface area contributed by atoms with Gasteiger partial charge in [-0.25, -0.2) is 0 Å². The molecule has 264 valence electrons. The standard InChI is InChI=1S/C39H30F6O4S2/c1-19-33(27-13-11-25(15-31(27)50-19)21-3-7-23(8-4-21)29(48)17-46)35-36(38(42,43)39(44,45)37(35,40)41)34-20(2)51-32-16-26(12-14-28(32)34)22-5-9-24(10-6-22)30(49)18-47/h3-16,29-30,46-49H,17-18H2,1-2H3. The van der Waals surface area contributed by atoms with Crippen molar-refractivity contribution in [3.05, 3.63) is 117 Å². The van der Waals surface area contributed by atoms with Crippen molar-refractivity contribution in [2.24, 2.45) is 0 Å². The zero-order valence-electron chi connectivity index (χ0n) is 27.0. The van der Waals surface area contributed by atoms with Crippen LogP contribution in [0.1, 0.15) is 44.2 Å². The zero-order chi connectivity index (χ0) is 36.6. The van der Waals surface area contributed by atoms with Crippen LogP contribution in [0.25, 0.3) is 53.6 Å². The Hall–Kier alpha value is -4.04. The first-order chi connectivity index (χ1) is 24.1. The zero-order valence-corrected chi connectivity index (χ0v) is 28.7. The van der Waals surface area contributed by atoms with E-state index in [1.165, 1.54) is 26.0 Å². The minimum Gasteiger partial charge on any atom is -0.393 e. The summed E-state index contributed by atoms with van der Waals surface area (Å²) in [4.78, 5) is 0.358. The summed E-state index contributed by atoms with van der Waals surface area (Å²) >= 11 is 2.08. The number of halogens is 6. The Morgan fingerprint density at radius 1 is 0.529 bits per heavy atom. The summed E-state index contributed by atoms with van der Waals surface area (Å²) in [6.45, 7) is 1.99. The van der Waals surface area contributed by atoms with E-state index in [4.69, 9.17) is 0 Å². The molecule has 2 aromatic heterocycles. The molecule has 0 bridgehead atoms. The average Bonchev–Trinajstić information content (AvgIpc) is 3.65. The number of hydrogen-bond donors (Lipinski definition) is 4. The van der Waals surface area contributed by atoms with Crippen LogP contribution in [-0.4, -0.2) is 51.4 Å². The van der Waals surface area contributed by atoms with Crippen molar-refractivity contribution in [2.45, 2.75) is 43.8 Å². The third-order valence-corrected chi connectivity index (χ3v) is 11.6. The van der Waals surface area contributed by atoms with Gasteiger partial charge in [0.05, 0.1) is 13.2 Å². The molecule has 12 heteroatoms. The number of benzene rings is 4. The molecule has 4 nitrogen and oxygen atoms in total. The molecule has 4 aromatic carbocycles. The number of aliphatic hydroxyl groups is 4. The highest BCUT2D eigenvalue weighted by Gasteiger charge is 2.80. The van der Waals surface area contributed by atoms with E-state index < -0.39 is 54.3 Å². The van der Waals surface area contributed by atoms with Gasteiger partial charge in [-0.05, 0) is 59.4 Å². The summed E-state index contributed by atoms with van der Waals surface area (Å²) in [6.07, 6.45) is -2.12. The van der Waals surface area contributed by atoms with Gasteiger partial charge in [0.1, 0.15) is 12.2 Å². The smallest absolute Gasteiger partial charge is 0.380 e. The van der Waals surface area contributed by atoms with E-state index >= 15 is 26.3 Å². The van der Waals surface area contributed by atoms with E-state index in [1.807, 2.05) is 0 Å². The van der Waals surface area contributed by atoms with Gasteiger partial charge in [-0.2, -0.15) is 26.3 Å². The average molecular weight is 741 g/mol. The minimum absolute atomic E-state index is 0.142. The van der Waals surface area contributed by atoms with Crippen LogP contribution in [0.15, 0.2) is 84.9 Å². The van der Waals surface area contributed by atoms with E-state index in [0.29, 0.717) is 42.8 Å². The minimum atomic E-state index is -5.71. The summed E-state index contributed by atoms with van der Waals surface area (Å²) in [5.41, 5.74) is 0.200. The van der Waals surface area contributed by atoms with Crippen LogP contribution in [-0.2, 0) is 0 Å². The highest BCUT2D eigenvalue weighted by molar-refractivity contribution is 7.19. The van der Waals surface area contributed by atoms with Crippen LogP contribution < -0.4 is 0 Å². The fourth-order valence-electron chi connectivity index (χ4n) is 6.81. The first-order valence-electron chi connectivity index (χ1n) is 15.9. The van der Waals surface area contributed by atoms with E-state index in [-0.39, 0.29) is 31.7 Å². The number of thiophene rings is 2. The van der Waals surface area contributed by atoms with Crippen molar-refractivity contribution in [2.75, 3.05) is 13.2 Å². The number of aliphatic hydroxyl groups excluding tert-OH is 4. The fourth-order valence-corrected chi connectivity index (χ4v) is 9.03. The molecular weight excluding hydrogens is 711 g/mol. The molecule has 2 unspecified atom stereocenters. The molecule has 2 heterocycles. The largest absolute Gasteiger partial charge is 0.393 e. The second-order valence-electron chi connectivity index (χ2n) is 12.6.